The molecule has 2 nitrogen and oxygen atoms in total. The Labute approximate surface area is 132 Å². The van der Waals surface area contributed by atoms with Gasteiger partial charge in [0, 0.05) is 39.4 Å². The Bertz CT molecular complexity index is 767. The molecule has 0 saturated carbocycles. The summed E-state index contributed by atoms with van der Waals surface area (Å²) in [4.78, 5) is 12.4. The summed E-state index contributed by atoms with van der Waals surface area (Å²) in [6.45, 7) is 0.838. The van der Waals surface area contributed by atoms with Gasteiger partial charge < -0.3 is 4.57 Å². The first kappa shape index (κ1) is 14.2. The van der Waals surface area contributed by atoms with Crippen molar-refractivity contribution in [1.82, 2.24) is 4.57 Å². The van der Waals surface area contributed by atoms with Crippen LogP contribution >= 0.6 is 23.4 Å². The maximum absolute atomic E-state index is 11.2. The van der Waals surface area contributed by atoms with Crippen molar-refractivity contribution in [3.63, 3.8) is 0 Å². The lowest BCUT2D eigenvalue weighted by molar-refractivity contribution is 0.112. The van der Waals surface area contributed by atoms with Gasteiger partial charge in [0.15, 0.2) is 6.29 Å². The number of aldehydes is 1. The molecule has 0 bridgehead atoms. The minimum atomic E-state index is 0.690. The summed E-state index contributed by atoms with van der Waals surface area (Å²) in [5.41, 5.74) is 1.73. The van der Waals surface area contributed by atoms with Crippen LogP contribution in [0.4, 0.5) is 0 Å². The summed E-state index contributed by atoms with van der Waals surface area (Å²) in [6.07, 6.45) is 2.80. The number of aromatic nitrogens is 1. The highest BCUT2D eigenvalue weighted by molar-refractivity contribution is 7.99. The lowest BCUT2D eigenvalue weighted by atomic mass is 10.2. The predicted molar refractivity (Wildman–Crippen MR) is 89.5 cm³/mol. The van der Waals surface area contributed by atoms with Crippen molar-refractivity contribution in [2.45, 2.75) is 11.4 Å². The fourth-order valence-electron chi connectivity index (χ4n) is 2.35. The Balaban J connectivity index is 1.80. The lowest BCUT2D eigenvalue weighted by Crippen LogP contribution is -1.98. The van der Waals surface area contributed by atoms with E-state index in [4.69, 9.17) is 11.6 Å². The zero-order chi connectivity index (χ0) is 14.7. The minimum Gasteiger partial charge on any atom is -0.346 e. The van der Waals surface area contributed by atoms with Gasteiger partial charge in [-0.3, -0.25) is 4.79 Å². The largest absolute Gasteiger partial charge is 0.346 e. The van der Waals surface area contributed by atoms with E-state index in [1.807, 2.05) is 42.6 Å². The molecule has 0 amide bonds. The van der Waals surface area contributed by atoms with Crippen molar-refractivity contribution in [2.75, 3.05) is 5.75 Å². The molecule has 4 heteroatoms. The van der Waals surface area contributed by atoms with Crippen LogP contribution in [0.25, 0.3) is 10.9 Å². The second-order valence-corrected chi connectivity index (χ2v) is 6.32. The molecule has 3 rings (SSSR count). The smallest absolute Gasteiger partial charge is 0.152 e. The van der Waals surface area contributed by atoms with Crippen molar-refractivity contribution in [3.05, 3.63) is 65.3 Å². The highest BCUT2D eigenvalue weighted by Crippen LogP contribution is 2.25. The van der Waals surface area contributed by atoms with Crippen LogP contribution in [0.1, 0.15) is 10.4 Å². The zero-order valence-corrected chi connectivity index (χ0v) is 12.9. The SMILES string of the molecule is O=Cc1cn(CCSc2ccccc2)c2cc(Cl)ccc12. The molecule has 1 aromatic heterocycles. The molecule has 0 aliphatic carbocycles. The summed E-state index contributed by atoms with van der Waals surface area (Å²) in [7, 11) is 0. The number of carbonyl (C=O) groups is 1. The van der Waals surface area contributed by atoms with Gasteiger partial charge in [-0.05, 0) is 24.3 Å². The normalized spacial score (nSPS) is 10.9. The topological polar surface area (TPSA) is 22.0 Å². The molecule has 0 radical (unpaired) electrons. The van der Waals surface area contributed by atoms with Gasteiger partial charge in [0.1, 0.15) is 0 Å². The molecule has 0 atom stereocenters. The number of nitrogens with zero attached hydrogens (tertiary/aromatic N) is 1. The molecule has 106 valence electrons. The third-order valence-electron chi connectivity index (χ3n) is 3.35. The standard InChI is InChI=1S/C17H14ClNOS/c18-14-6-7-16-13(12-20)11-19(17(16)10-14)8-9-21-15-4-2-1-3-5-15/h1-7,10-12H,8-9H2. The Morgan fingerprint density at radius 3 is 2.71 bits per heavy atom. The second kappa shape index (κ2) is 6.37. The van der Waals surface area contributed by atoms with E-state index in [0.29, 0.717) is 10.6 Å². The Morgan fingerprint density at radius 2 is 1.95 bits per heavy atom. The van der Waals surface area contributed by atoms with Gasteiger partial charge in [0.25, 0.3) is 0 Å². The lowest BCUT2D eigenvalue weighted by Gasteiger charge is -2.05. The summed E-state index contributed by atoms with van der Waals surface area (Å²) in [5.74, 6) is 0.943. The average molecular weight is 316 g/mol. The van der Waals surface area contributed by atoms with E-state index in [9.17, 15) is 4.79 Å². The van der Waals surface area contributed by atoms with Crippen LogP contribution in [0.2, 0.25) is 5.02 Å². The number of rotatable bonds is 5. The summed E-state index contributed by atoms with van der Waals surface area (Å²) in [6, 6.07) is 15.9. The highest BCUT2D eigenvalue weighted by Gasteiger charge is 2.08. The minimum absolute atomic E-state index is 0.690. The predicted octanol–water partition coefficient (Wildman–Crippen LogP) is 4.90. The van der Waals surface area contributed by atoms with Crippen LogP contribution in [-0.2, 0) is 6.54 Å². The first-order chi connectivity index (χ1) is 10.3. The first-order valence-electron chi connectivity index (χ1n) is 6.69. The van der Waals surface area contributed by atoms with Gasteiger partial charge >= 0.3 is 0 Å². The molecular formula is C17H14ClNOS. The summed E-state index contributed by atoms with van der Waals surface area (Å²) < 4.78 is 2.10. The number of halogens is 1. The van der Waals surface area contributed by atoms with Crippen molar-refractivity contribution in [3.8, 4) is 0 Å². The first-order valence-corrected chi connectivity index (χ1v) is 8.06. The molecule has 0 aliphatic heterocycles. The van der Waals surface area contributed by atoms with Crippen LogP contribution in [-0.4, -0.2) is 16.6 Å². The zero-order valence-electron chi connectivity index (χ0n) is 11.3. The summed E-state index contributed by atoms with van der Waals surface area (Å²) >= 11 is 7.87. The van der Waals surface area contributed by atoms with E-state index in [1.165, 1.54) is 4.90 Å². The molecule has 0 aliphatic rings. The maximum atomic E-state index is 11.2. The van der Waals surface area contributed by atoms with Crippen molar-refractivity contribution in [1.29, 1.82) is 0 Å². The molecule has 2 aromatic carbocycles. The fraction of sp³-hybridized carbons (Fsp3) is 0.118. The van der Waals surface area contributed by atoms with Gasteiger partial charge in [0.05, 0.1) is 5.52 Å². The van der Waals surface area contributed by atoms with Gasteiger partial charge in [0.2, 0.25) is 0 Å². The quantitative estimate of drug-likeness (QED) is 0.493. The van der Waals surface area contributed by atoms with Gasteiger partial charge in [-0.1, -0.05) is 35.9 Å². The summed E-state index contributed by atoms with van der Waals surface area (Å²) in [5, 5.41) is 1.65. The molecule has 3 aromatic rings. The Hall–Kier alpha value is -1.71. The molecule has 21 heavy (non-hydrogen) atoms. The van der Waals surface area contributed by atoms with Crippen LogP contribution < -0.4 is 0 Å². The molecule has 0 unspecified atom stereocenters. The maximum Gasteiger partial charge on any atom is 0.152 e. The highest BCUT2D eigenvalue weighted by atomic mass is 35.5. The molecule has 0 spiro atoms. The number of thioether (sulfide) groups is 1. The van der Waals surface area contributed by atoms with E-state index in [-0.39, 0.29) is 0 Å². The van der Waals surface area contributed by atoms with E-state index in [1.54, 1.807) is 11.8 Å². The molecule has 0 saturated heterocycles. The van der Waals surface area contributed by atoms with Crippen molar-refractivity contribution in [2.24, 2.45) is 0 Å². The average Bonchev–Trinajstić information content (AvgIpc) is 2.86. The number of hydrogen-bond donors (Lipinski definition) is 0. The van der Waals surface area contributed by atoms with Gasteiger partial charge in [-0.15, -0.1) is 11.8 Å². The van der Waals surface area contributed by atoms with Crippen LogP contribution in [0.5, 0.6) is 0 Å². The number of hydrogen-bond acceptors (Lipinski definition) is 2. The van der Waals surface area contributed by atoms with Crippen molar-refractivity contribution >= 4 is 40.6 Å². The number of aryl methyl sites for hydroxylation is 1. The number of benzene rings is 2. The molecule has 0 N–H and O–H groups in total. The van der Waals surface area contributed by atoms with Gasteiger partial charge in [-0.2, -0.15) is 0 Å². The van der Waals surface area contributed by atoms with Crippen LogP contribution in [0.15, 0.2) is 59.6 Å². The fourth-order valence-corrected chi connectivity index (χ4v) is 3.39. The van der Waals surface area contributed by atoms with E-state index in [2.05, 4.69) is 16.7 Å². The van der Waals surface area contributed by atoms with Crippen LogP contribution in [0.3, 0.4) is 0 Å². The van der Waals surface area contributed by atoms with E-state index in [0.717, 1.165) is 29.5 Å². The number of carbonyl (C=O) groups excluding carboxylic acids is 1. The Morgan fingerprint density at radius 1 is 1.14 bits per heavy atom. The number of fused-ring (bicyclic) bond motifs is 1. The van der Waals surface area contributed by atoms with E-state index >= 15 is 0 Å². The van der Waals surface area contributed by atoms with Gasteiger partial charge in [-0.25, -0.2) is 0 Å². The molecule has 1 heterocycles. The third-order valence-corrected chi connectivity index (χ3v) is 4.57. The molecule has 0 fully saturated rings. The molecular weight excluding hydrogens is 302 g/mol. The monoisotopic (exact) mass is 315 g/mol. The second-order valence-electron chi connectivity index (χ2n) is 4.72. The Kier molecular flexibility index (Phi) is 4.32. The van der Waals surface area contributed by atoms with E-state index < -0.39 is 0 Å². The third kappa shape index (κ3) is 3.14. The van der Waals surface area contributed by atoms with Crippen molar-refractivity contribution < 1.29 is 4.79 Å². The van der Waals surface area contributed by atoms with Crippen LogP contribution in [0, 0.1) is 0 Å².